The molecule has 0 N–H and O–H groups in total. The zero-order valence-electron chi connectivity index (χ0n) is 12.4. The first-order valence-corrected chi connectivity index (χ1v) is 8.03. The number of thiocarbonyl (C=S) groups is 1. The van der Waals surface area contributed by atoms with Crippen molar-refractivity contribution in [3.8, 4) is 0 Å². The van der Waals surface area contributed by atoms with Gasteiger partial charge in [-0.05, 0) is 42.6 Å². The van der Waals surface area contributed by atoms with Crippen LogP contribution in [0.1, 0.15) is 11.5 Å². The van der Waals surface area contributed by atoms with Crippen LogP contribution in [0, 0.1) is 10.1 Å². The van der Waals surface area contributed by atoms with Crippen LogP contribution in [0.15, 0.2) is 61.5 Å². The van der Waals surface area contributed by atoms with Crippen molar-refractivity contribution in [2.24, 2.45) is 5.10 Å². The van der Waals surface area contributed by atoms with Gasteiger partial charge in [-0.2, -0.15) is 10.1 Å². The summed E-state index contributed by atoms with van der Waals surface area (Å²) in [7, 11) is 0. The molecule has 0 aliphatic carbocycles. The highest BCUT2D eigenvalue weighted by Gasteiger charge is 2.31. The molecule has 1 aliphatic rings. The van der Waals surface area contributed by atoms with E-state index in [-0.39, 0.29) is 11.8 Å². The van der Waals surface area contributed by atoms with E-state index in [4.69, 9.17) is 21.1 Å². The minimum absolute atomic E-state index is 0.293. The molecule has 0 atom stereocenters. The monoisotopic (exact) mass is 375 g/mol. The van der Waals surface area contributed by atoms with Crippen LogP contribution < -0.4 is 0 Å². The Morgan fingerprint density at radius 1 is 1.32 bits per heavy atom. The summed E-state index contributed by atoms with van der Waals surface area (Å²) in [5.74, 6) is 0.0812. The predicted molar refractivity (Wildman–Crippen MR) is 95.8 cm³/mol. The standard InChI is InChI=1S/C15H9N3O5S2/c19-14-12(5-1-3-10-6-7-13(23-10)18(20)21)25-15(24)17(14)16-9-11-4-2-8-22-11/h1-9H/b3-1+,12-5+,16-9+. The lowest BCUT2D eigenvalue weighted by molar-refractivity contribution is -0.402. The topological polar surface area (TPSA) is 102 Å². The largest absolute Gasteiger partial charge is 0.463 e. The third-order valence-corrected chi connectivity index (χ3v) is 4.22. The van der Waals surface area contributed by atoms with E-state index in [0.717, 1.165) is 16.8 Å². The van der Waals surface area contributed by atoms with E-state index in [1.165, 1.54) is 36.8 Å². The van der Waals surface area contributed by atoms with Gasteiger partial charge in [-0.25, -0.2) is 0 Å². The first kappa shape index (κ1) is 16.9. The molecule has 3 heterocycles. The van der Waals surface area contributed by atoms with E-state index in [2.05, 4.69) is 5.10 Å². The minimum Gasteiger partial charge on any atom is -0.463 e. The maximum absolute atomic E-state index is 12.3. The first-order valence-electron chi connectivity index (χ1n) is 6.81. The van der Waals surface area contributed by atoms with Gasteiger partial charge in [-0.1, -0.05) is 17.8 Å². The average molecular weight is 375 g/mol. The highest BCUT2D eigenvalue weighted by molar-refractivity contribution is 8.26. The molecular weight excluding hydrogens is 366 g/mol. The van der Waals surface area contributed by atoms with Gasteiger partial charge in [0, 0.05) is 0 Å². The summed E-state index contributed by atoms with van der Waals surface area (Å²) in [6, 6.07) is 6.11. The Labute approximate surface area is 150 Å². The summed E-state index contributed by atoms with van der Waals surface area (Å²) >= 11 is 6.23. The number of thioether (sulfide) groups is 1. The normalized spacial score (nSPS) is 16.8. The molecule has 10 heteroatoms. The van der Waals surface area contributed by atoms with Crippen LogP contribution in [0.5, 0.6) is 0 Å². The number of nitro groups is 1. The summed E-state index contributed by atoms with van der Waals surface area (Å²) in [6.07, 6.45) is 7.48. The van der Waals surface area contributed by atoms with E-state index in [1.54, 1.807) is 18.2 Å². The van der Waals surface area contributed by atoms with Gasteiger partial charge in [-0.15, -0.1) is 0 Å². The fourth-order valence-corrected chi connectivity index (χ4v) is 2.94. The first-order chi connectivity index (χ1) is 12.0. The number of hydrazone groups is 1. The summed E-state index contributed by atoms with van der Waals surface area (Å²) in [5, 5.41) is 15.7. The number of hydrogen-bond donors (Lipinski definition) is 0. The van der Waals surface area contributed by atoms with Gasteiger partial charge in [0.15, 0.2) is 4.32 Å². The molecule has 0 saturated carbocycles. The molecule has 0 aromatic carbocycles. The van der Waals surface area contributed by atoms with Gasteiger partial charge >= 0.3 is 5.88 Å². The smallest absolute Gasteiger partial charge is 0.433 e. The second-order valence-corrected chi connectivity index (χ2v) is 6.24. The molecule has 1 fully saturated rings. The van der Waals surface area contributed by atoms with Gasteiger partial charge in [0.25, 0.3) is 5.91 Å². The highest BCUT2D eigenvalue weighted by Crippen LogP contribution is 2.31. The van der Waals surface area contributed by atoms with E-state index < -0.39 is 4.92 Å². The fraction of sp³-hybridized carbons (Fsp3) is 0. The van der Waals surface area contributed by atoms with Gasteiger partial charge < -0.3 is 8.83 Å². The average Bonchev–Trinajstić information content (AvgIpc) is 3.29. The zero-order valence-corrected chi connectivity index (χ0v) is 14.0. The van der Waals surface area contributed by atoms with Crippen molar-refractivity contribution in [1.29, 1.82) is 0 Å². The molecule has 25 heavy (non-hydrogen) atoms. The number of furan rings is 2. The molecule has 1 saturated heterocycles. The van der Waals surface area contributed by atoms with Crippen LogP contribution in [0.2, 0.25) is 0 Å². The summed E-state index contributed by atoms with van der Waals surface area (Å²) in [6.45, 7) is 0. The minimum atomic E-state index is -0.626. The molecule has 2 aromatic heterocycles. The molecule has 8 nitrogen and oxygen atoms in total. The Morgan fingerprint density at radius 2 is 2.16 bits per heavy atom. The van der Waals surface area contributed by atoms with E-state index >= 15 is 0 Å². The van der Waals surface area contributed by atoms with E-state index in [0.29, 0.717) is 20.7 Å². The lowest BCUT2D eigenvalue weighted by atomic mass is 10.3. The lowest BCUT2D eigenvalue weighted by Gasteiger charge is -2.04. The van der Waals surface area contributed by atoms with Crippen molar-refractivity contribution < 1.29 is 18.6 Å². The molecule has 3 rings (SSSR count). The maximum atomic E-state index is 12.3. The number of carbonyl (C=O) groups excluding carboxylic acids is 1. The molecule has 0 radical (unpaired) electrons. The number of rotatable bonds is 5. The number of amides is 1. The molecule has 1 amide bonds. The Bertz CT molecular complexity index is 912. The lowest BCUT2D eigenvalue weighted by Crippen LogP contribution is -2.22. The van der Waals surface area contributed by atoms with Crippen LogP contribution in [0.4, 0.5) is 5.88 Å². The van der Waals surface area contributed by atoms with E-state index in [1.807, 2.05) is 0 Å². The molecule has 0 unspecified atom stereocenters. The Kier molecular flexibility index (Phi) is 4.91. The Hall–Kier alpha value is -2.98. The number of nitrogens with zero attached hydrogens (tertiary/aromatic N) is 3. The van der Waals surface area contributed by atoms with Crippen LogP contribution >= 0.6 is 24.0 Å². The van der Waals surface area contributed by atoms with Crippen LogP contribution in [-0.2, 0) is 4.79 Å². The summed E-state index contributed by atoms with van der Waals surface area (Å²) in [4.78, 5) is 22.6. The Balaban J connectivity index is 1.69. The van der Waals surface area contributed by atoms with Crippen molar-refractivity contribution in [2.45, 2.75) is 0 Å². The van der Waals surface area contributed by atoms with Gasteiger partial charge in [0.1, 0.15) is 16.4 Å². The number of hydrogen-bond acceptors (Lipinski definition) is 8. The van der Waals surface area contributed by atoms with Crippen molar-refractivity contribution in [1.82, 2.24) is 5.01 Å². The quantitative estimate of drug-likeness (QED) is 0.259. The molecule has 2 aromatic rings. The zero-order chi connectivity index (χ0) is 17.8. The van der Waals surface area contributed by atoms with Gasteiger partial charge in [0.2, 0.25) is 0 Å². The van der Waals surface area contributed by atoms with Crippen molar-refractivity contribution in [3.63, 3.8) is 0 Å². The SMILES string of the molecule is O=C1/C(=C\C=C\c2ccc([N+](=O)[O-])o2)SC(=S)N1/N=C/c1ccco1. The highest BCUT2D eigenvalue weighted by atomic mass is 32.2. The number of allylic oxidation sites excluding steroid dienone is 2. The Morgan fingerprint density at radius 3 is 2.84 bits per heavy atom. The molecule has 126 valence electrons. The molecule has 1 aliphatic heterocycles. The van der Waals surface area contributed by atoms with Crippen LogP contribution in [-0.4, -0.2) is 26.4 Å². The molecule has 0 bridgehead atoms. The third-order valence-electron chi connectivity index (χ3n) is 2.92. The molecular formula is C15H9N3O5S2. The maximum Gasteiger partial charge on any atom is 0.433 e. The predicted octanol–water partition coefficient (Wildman–Crippen LogP) is 3.57. The van der Waals surface area contributed by atoms with Crippen LogP contribution in [0.25, 0.3) is 6.08 Å². The number of carbonyl (C=O) groups is 1. The third kappa shape index (κ3) is 3.92. The van der Waals surface area contributed by atoms with Crippen molar-refractivity contribution in [3.05, 3.63) is 69.2 Å². The van der Waals surface area contributed by atoms with Gasteiger partial charge in [0.05, 0.1) is 23.4 Å². The summed E-state index contributed by atoms with van der Waals surface area (Å²) < 4.78 is 10.4. The van der Waals surface area contributed by atoms with Crippen molar-refractivity contribution >= 4 is 52.4 Å². The van der Waals surface area contributed by atoms with Gasteiger partial charge in [-0.3, -0.25) is 14.9 Å². The van der Waals surface area contributed by atoms with E-state index in [9.17, 15) is 14.9 Å². The second-order valence-electron chi connectivity index (χ2n) is 4.57. The van der Waals surface area contributed by atoms with Crippen LogP contribution in [0.3, 0.4) is 0 Å². The fourth-order valence-electron chi connectivity index (χ4n) is 1.81. The molecule has 0 spiro atoms. The second kappa shape index (κ2) is 7.28. The summed E-state index contributed by atoms with van der Waals surface area (Å²) in [5.41, 5.74) is 0. The van der Waals surface area contributed by atoms with Crippen molar-refractivity contribution in [2.75, 3.05) is 0 Å².